The van der Waals surface area contributed by atoms with Gasteiger partial charge in [-0.3, -0.25) is 0 Å². The highest BCUT2D eigenvalue weighted by molar-refractivity contribution is 14.1. The molecule has 2 aromatic rings. The first-order valence-corrected chi connectivity index (χ1v) is 5.17. The van der Waals surface area contributed by atoms with E-state index in [4.69, 9.17) is 5.11 Å². The molecule has 3 nitrogen and oxygen atoms in total. The summed E-state index contributed by atoms with van der Waals surface area (Å²) in [6.07, 6.45) is 0. The van der Waals surface area contributed by atoms with E-state index in [0.717, 1.165) is 14.5 Å². The minimum absolute atomic E-state index is 0.354. The van der Waals surface area contributed by atoms with Crippen LogP contribution in [0.3, 0.4) is 0 Å². The summed E-state index contributed by atoms with van der Waals surface area (Å²) in [7, 11) is 1.77. The summed E-state index contributed by atoms with van der Waals surface area (Å²) < 4.78 is 2.51. The summed E-state index contributed by atoms with van der Waals surface area (Å²) in [4.78, 5) is 11.0. The van der Waals surface area contributed by atoms with Gasteiger partial charge in [-0.15, -0.1) is 0 Å². The number of aromatic nitrogens is 1. The van der Waals surface area contributed by atoms with E-state index in [1.165, 1.54) is 0 Å². The Kier molecular flexibility index (Phi) is 2.22. The summed E-state index contributed by atoms with van der Waals surface area (Å²) in [5.74, 6) is -0.881. The number of hydrogen-bond donors (Lipinski definition) is 1. The molecule has 4 heteroatoms. The lowest BCUT2D eigenvalue weighted by molar-refractivity contribution is 0.0686. The maximum atomic E-state index is 11.0. The van der Waals surface area contributed by atoms with Gasteiger partial charge in [0.1, 0.15) is 5.69 Å². The van der Waals surface area contributed by atoms with E-state index in [1.807, 2.05) is 24.3 Å². The number of aryl methyl sites for hydroxylation is 1. The van der Waals surface area contributed by atoms with E-state index in [1.54, 1.807) is 11.6 Å². The highest BCUT2D eigenvalue weighted by Crippen LogP contribution is 2.26. The molecule has 0 aliphatic rings. The quantitative estimate of drug-likeness (QED) is 0.822. The Hall–Kier alpha value is -1.04. The molecule has 14 heavy (non-hydrogen) atoms. The molecule has 1 aromatic carbocycles. The average Bonchev–Trinajstić information content (AvgIpc) is 2.41. The zero-order valence-corrected chi connectivity index (χ0v) is 9.65. The number of carbonyl (C=O) groups is 1. The monoisotopic (exact) mass is 301 g/mol. The van der Waals surface area contributed by atoms with Gasteiger partial charge in [-0.25, -0.2) is 4.79 Å². The van der Waals surface area contributed by atoms with E-state index in [-0.39, 0.29) is 0 Å². The summed E-state index contributed by atoms with van der Waals surface area (Å²) in [5, 5.41) is 10.0. The number of hydrogen-bond acceptors (Lipinski definition) is 1. The molecular weight excluding hydrogens is 293 g/mol. The highest BCUT2D eigenvalue weighted by Gasteiger charge is 2.17. The lowest BCUT2D eigenvalue weighted by atomic mass is 10.2. The van der Waals surface area contributed by atoms with Crippen LogP contribution >= 0.6 is 22.6 Å². The number of benzene rings is 1. The molecule has 0 saturated heterocycles. The third kappa shape index (κ3) is 1.21. The van der Waals surface area contributed by atoms with E-state index in [0.29, 0.717) is 5.69 Å². The second-order valence-electron chi connectivity index (χ2n) is 3.04. The fourth-order valence-corrected chi connectivity index (χ4v) is 2.63. The molecule has 0 aliphatic heterocycles. The Morgan fingerprint density at radius 2 is 2.07 bits per heavy atom. The predicted molar refractivity (Wildman–Crippen MR) is 62.6 cm³/mol. The van der Waals surface area contributed by atoms with Crippen LogP contribution in [0.2, 0.25) is 0 Å². The molecule has 0 spiro atoms. The Morgan fingerprint density at radius 3 is 2.64 bits per heavy atom. The van der Waals surface area contributed by atoms with Gasteiger partial charge in [0.15, 0.2) is 0 Å². The van der Waals surface area contributed by atoms with Crippen molar-refractivity contribution in [2.75, 3.05) is 0 Å². The number of para-hydroxylation sites is 1. The first kappa shape index (κ1) is 9.51. The van der Waals surface area contributed by atoms with Crippen LogP contribution in [0.4, 0.5) is 0 Å². The second-order valence-corrected chi connectivity index (χ2v) is 4.12. The van der Waals surface area contributed by atoms with Gasteiger partial charge in [-0.05, 0) is 28.7 Å². The van der Waals surface area contributed by atoms with Crippen LogP contribution in [-0.4, -0.2) is 15.6 Å². The van der Waals surface area contributed by atoms with E-state index in [9.17, 15) is 4.79 Å². The van der Waals surface area contributed by atoms with Crippen LogP contribution < -0.4 is 0 Å². The summed E-state index contributed by atoms with van der Waals surface area (Å²) in [6.45, 7) is 0. The third-order valence-corrected chi connectivity index (χ3v) is 3.34. The molecule has 0 fully saturated rings. The zero-order chi connectivity index (χ0) is 10.3. The topological polar surface area (TPSA) is 42.2 Å². The summed E-state index contributed by atoms with van der Waals surface area (Å²) in [5.41, 5.74) is 1.31. The minimum atomic E-state index is -0.881. The van der Waals surface area contributed by atoms with Gasteiger partial charge < -0.3 is 9.67 Å². The normalized spacial score (nSPS) is 10.7. The van der Waals surface area contributed by atoms with Crippen molar-refractivity contribution in [2.45, 2.75) is 0 Å². The van der Waals surface area contributed by atoms with Crippen LogP contribution in [0.25, 0.3) is 10.9 Å². The second kappa shape index (κ2) is 3.27. The van der Waals surface area contributed by atoms with Crippen molar-refractivity contribution in [3.8, 4) is 0 Å². The lowest BCUT2D eigenvalue weighted by Crippen LogP contribution is -2.05. The summed E-state index contributed by atoms with van der Waals surface area (Å²) >= 11 is 2.07. The molecular formula is C10H8INO2. The number of aromatic carboxylic acids is 1. The number of fused-ring (bicyclic) bond motifs is 1. The molecule has 2 rings (SSSR count). The Bertz CT molecular complexity index is 477. The van der Waals surface area contributed by atoms with Crippen molar-refractivity contribution >= 4 is 39.5 Å². The Balaban J connectivity index is 2.92. The molecule has 0 amide bonds. The van der Waals surface area contributed by atoms with Crippen LogP contribution in [0, 0.1) is 3.57 Å². The number of rotatable bonds is 1. The first-order chi connectivity index (χ1) is 6.63. The number of nitrogens with zero attached hydrogens (tertiary/aromatic N) is 1. The Morgan fingerprint density at radius 1 is 1.43 bits per heavy atom. The smallest absolute Gasteiger partial charge is 0.353 e. The molecule has 0 aliphatic carbocycles. The predicted octanol–water partition coefficient (Wildman–Crippen LogP) is 2.48. The van der Waals surface area contributed by atoms with Crippen molar-refractivity contribution in [3.63, 3.8) is 0 Å². The maximum Gasteiger partial charge on any atom is 0.353 e. The molecule has 1 heterocycles. The molecule has 0 unspecified atom stereocenters. The third-order valence-electron chi connectivity index (χ3n) is 2.25. The fraction of sp³-hybridized carbons (Fsp3) is 0.100. The molecule has 1 aromatic heterocycles. The van der Waals surface area contributed by atoms with Crippen molar-refractivity contribution in [1.82, 2.24) is 4.57 Å². The number of halogens is 1. The number of carboxylic acids is 1. The van der Waals surface area contributed by atoms with E-state index >= 15 is 0 Å². The minimum Gasteiger partial charge on any atom is -0.477 e. The largest absolute Gasteiger partial charge is 0.477 e. The first-order valence-electron chi connectivity index (χ1n) is 4.09. The van der Waals surface area contributed by atoms with Crippen molar-refractivity contribution in [1.29, 1.82) is 0 Å². The van der Waals surface area contributed by atoms with Crippen molar-refractivity contribution < 1.29 is 9.90 Å². The van der Waals surface area contributed by atoms with Crippen LogP contribution in [-0.2, 0) is 7.05 Å². The fourth-order valence-electron chi connectivity index (χ4n) is 1.58. The summed E-state index contributed by atoms with van der Waals surface area (Å²) in [6, 6.07) is 7.67. The highest BCUT2D eigenvalue weighted by atomic mass is 127. The van der Waals surface area contributed by atoms with Crippen LogP contribution in [0.5, 0.6) is 0 Å². The average molecular weight is 301 g/mol. The van der Waals surface area contributed by atoms with Gasteiger partial charge in [0.05, 0.1) is 3.57 Å². The van der Waals surface area contributed by atoms with Crippen molar-refractivity contribution in [3.05, 3.63) is 33.5 Å². The lowest BCUT2D eigenvalue weighted by Gasteiger charge is -1.98. The van der Waals surface area contributed by atoms with Crippen LogP contribution in [0.15, 0.2) is 24.3 Å². The van der Waals surface area contributed by atoms with Crippen LogP contribution in [0.1, 0.15) is 10.5 Å². The van der Waals surface area contributed by atoms with Crippen molar-refractivity contribution in [2.24, 2.45) is 7.05 Å². The standard InChI is InChI=1S/C10H8INO2/c1-12-7-5-3-2-4-6(7)8(11)9(12)10(13)14/h2-5H,1H3,(H,13,14). The number of carboxylic acid groups (broad SMARTS) is 1. The maximum absolute atomic E-state index is 11.0. The molecule has 0 radical (unpaired) electrons. The zero-order valence-electron chi connectivity index (χ0n) is 7.49. The molecule has 0 atom stereocenters. The molecule has 0 saturated carbocycles. The molecule has 1 N–H and O–H groups in total. The van der Waals surface area contributed by atoms with Gasteiger partial charge >= 0.3 is 5.97 Å². The van der Waals surface area contributed by atoms with Gasteiger partial charge in [-0.2, -0.15) is 0 Å². The van der Waals surface area contributed by atoms with Gasteiger partial charge in [0, 0.05) is 18.0 Å². The molecule has 72 valence electrons. The van der Waals surface area contributed by atoms with Gasteiger partial charge in [-0.1, -0.05) is 18.2 Å². The van der Waals surface area contributed by atoms with E-state index in [2.05, 4.69) is 22.6 Å². The SMILES string of the molecule is Cn1c(C(=O)O)c(I)c2ccccc21. The van der Waals surface area contributed by atoms with Gasteiger partial charge in [0.25, 0.3) is 0 Å². The molecule has 0 bridgehead atoms. The Labute approximate surface area is 94.5 Å². The van der Waals surface area contributed by atoms with Gasteiger partial charge in [0.2, 0.25) is 0 Å². The van der Waals surface area contributed by atoms with E-state index < -0.39 is 5.97 Å².